The van der Waals surface area contributed by atoms with Gasteiger partial charge in [-0.15, -0.1) is 0 Å². The summed E-state index contributed by atoms with van der Waals surface area (Å²) in [7, 11) is 1.59. The van der Waals surface area contributed by atoms with Gasteiger partial charge in [-0.1, -0.05) is 42.5 Å². The molecule has 0 unspecified atom stereocenters. The molecule has 6 nitrogen and oxygen atoms in total. The minimum atomic E-state index is -0.341. The van der Waals surface area contributed by atoms with Crippen LogP contribution >= 0.6 is 0 Å². The van der Waals surface area contributed by atoms with E-state index in [2.05, 4.69) is 15.8 Å². The van der Waals surface area contributed by atoms with E-state index in [4.69, 9.17) is 4.74 Å². The van der Waals surface area contributed by atoms with Gasteiger partial charge in [-0.05, 0) is 47.5 Å². The molecule has 2 amide bonds. The number of hydrazone groups is 1. The zero-order chi connectivity index (χ0) is 20.5. The highest BCUT2D eigenvalue weighted by molar-refractivity contribution is 5.96. The van der Waals surface area contributed by atoms with E-state index in [1.807, 2.05) is 54.6 Å². The van der Waals surface area contributed by atoms with Crippen LogP contribution in [-0.2, 0) is 11.2 Å². The topological polar surface area (TPSA) is 79.8 Å². The zero-order valence-electron chi connectivity index (χ0n) is 16.0. The molecule has 0 saturated carbocycles. The minimum absolute atomic E-state index is 0.115. The molecule has 0 aromatic heterocycles. The van der Waals surface area contributed by atoms with E-state index in [1.165, 1.54) is 0 Å². The van der Waals surface area contributed by atoms with Gasteiger partial charge < -0.3 is 10.1 Å². The van der Waals surface area contributed by atoms with Crippen molar-refractivity contribution < 1.29 is 14.3 Å². The third kappa shape index (κ3) is 6.04. The SMILES string of the molecule is COc1cccc(/C=N\NC(=O)c2ccc(NC(=O)Cc3ccccc3)cc2)c1. The van der Waals surface area contributed by atoms with Crippen molar-refractivity contribution in [2.75, 3.05) is 12.4 Å². The number of hydrogen-bond acceptors (Lipinski definition) is 4. The summed E-state index contributed by atoms with van der Waals surface area (Å²) < 4.78 is 5.14. The molecule has 3 rings (SSSR count). The second kappa shape index (κ2) is 9.85. The van der Waals surface area contributed by atoms with Crippen LogP contribution in [-0.4, -0.2) is 25.1 Å². The van der Waals surface area contributed by atoms with E-state index in [0.717, 1.165) is 11.1 Å². The number of carbonyl (C=O) groups excluding carboxylic acids is 2. The van der Waals surface area contributed by atoms with Crippen LogP contribution in [0, 0.1) is 0 Å². The number of anilines is 1. The molecule has 0 bridgehead atoms. The number of ether oxygens (including phenoxy) is 1. The third-order valence-electron chi connectivity index (χ3n) is 4.11. The summed E-state index contributed by atoms with van der Waals surface area (Å²) in [5, 5.41) is 6.78. The van der Waals surface area contributed by atoms with Crippen molar-refractivity contribution in [3.8, 4) is 5.75 Å². The van der Waals surface area contributed by atoms with Crippen LogP contribution in [0.3, 0.4) is 0 Å². The first-order valence-corrected chi connectivity index (χ1v) is 9.05. The fraction of sp³-hybridized carbons (Fsp3) is 0.0870. The normalized spacial score (nSPS) is 10.5. The maximum Gasteiger partial charge on any atom is 0.271 e. The number of nitrogens with one attached hydrogen (secondary N) is 2. The standard InChI is InChI=1S/C23H21N3O3/c1-29-21-9-5-8-18(14-21)16-24-26-23(28)19-10-12-20(13-11-19)25-22(27)15-17-6-3-2-4-7-17/h2-14,16H,15H2,1H3,(H,25,27)(H,26,28)/b24-16-. The number of hydrogen-bond donors (Lipinski definition) is 2. The van der Waals surface area contributed by atoms with Crippen LogP contribution in [0.2, 0.25) is 0 Å². The van der Waals surface area contributed by atoms with Crippen LogP contribution in [0.4, 0.5) is 5.69 Å². The Morgan fingerprint density at radius 3 is 2.45 bits per heavy atom. The Kier molecular flexibility index (Phi) is 6.73. The zero-order valence-corrected chi connectivity index (χ0v) is 16.0. The second-order valence-electron chi connectivity index (χ2n) is 6.26. The molecular weight excluding hydrogens is 366 g/mol. The minimum Gasteiger partial charge on any atom is -0.497 e. The average Bonchev–Trinajstić information content (AvgIpc) is 2.75. The second-order valence-corrected chi connectivity index (χ2v) is 6.26. The van der Waals surface area contributed by atoms with Gasteiger partial charge in [0.25, 0.3) is 5.91 Å². The summed E-state index contributed by atoms with van der Waals surface area (Å²) >= 11 is 0. The quantitative estimate of drug-likeness (QED) is 0.480. The first kappa shape index (κ1) is 19.8. The lowest BCUT2D eigenvalue weighted by Gasteiger charge is -2.06. The van der Waals surface area contributed by atoms with Gasteiger partial charge in [0.1, 0.15) is 5.75 Å². The van der Waals surface area contributed by atoms with Gasteiger partial charge in [0.2, 0.25) is 5.91 Å². The van der Waals surface area contributed by atoms with Crippen molar-refractivity contribution in [2.45, 2.75) is 6.42 Å². The van der Waals surface area contributed by atoms with Crippen LogP contribution in [0.15, 0.2) is 84.0 Å². The Hall–Kier alpha value is -3.93. The highest BCUT2D eigenvalue weighted by atomic mass is 16.5. The molecule has 29 heavy (non-hydrogen) atoms. The van der Waals surface area contributed by atoms with Crippen molar-refractivity contribution in [3.63, 3.8) is 0 Å². The van der Waals surface area contributed by atoms with E-state index in [1.54, 1.807) is 37.6 Å². The highest BCUT2D eigenvalue weighted by Gasteiger charge is 2.07. The Bertz CT molecular complexity index is 999. The fourth-order valence-corrected chi connectivity index (χ4v) is 2.64. The molecule has 0 aliphatic carbocycles. The first-order chi connectivity index (χ1) is 14.1. The highest BCUT2D eigenvalue weighted by Crippen LogP contribution is 2.12. The number of carbonyl (C=O) groups is 2. The van der Waals surface area contributed by atoms with E-state index < -0.39 is 0 Å². The number of amides is 2. The molecule has 0 saturated heterocycles. The van der Waals surface area contributed by atoms with E-state index in [0.29, 0.717) is 23.4 Å². The smallest absolute Gasteiger partial charge is 0.271 e. The fourth-order valence-electron chi connectivity index (χ4n) is 2.64. The maximum absolute atomic E-state index is 12.2. The van der Waals surface area contributed by atoms with Crippen molar-refractivity contribution in [1.82, 2.24) is 5.43 Å². The van der Waals surface area contributed by atoms with Crippen molar-refractivity contribution in [2.24, 2.45) is 5.10 Å². The molecular formula is C23H21N3O3. The molecule has 0 radical (unpaired) electrons. The summed E-state index contributed by atoms with van der Waals surface area (Å²) in [6, 6.07) is 23.5. The molecule has 0 spiro atoms. The molecule has 0 aliphatic heterocycles. The van der Waals surface area contributed by atoms with Gasteiger partial charge in [0, 0.05) is 11.3 Å². The van der Waals surface area contributed by atoms with Crippen LogP contribution in [0.1, 0.15) is 21.5 Å². The molecule has 0 atom stereocenters. The molecule has 2 N–H and O–H groups in total. The number of nitrogens with zero attached hydrogens (tertiary/aromatic N) is 1. The van der Waals surface area contributed by atoms with Gasteiger partial charge in [-0.3, -0.25) is 9.59 Å². The van der Waals surface area contributed by atoms with Gasteiger partial charge in [0.15, 0.2) is 0 Å². The molecule has 6 heteroatoms. The lowest BCUT2D eigenvalue weighted by Crippen LogP contribution is -2.18. The Morgan fingerprint density at radius 1 is 0.966 bits per heavy atom. The largest absolute Gasteiger partial charge is 0.497 e. The number of methoxy groups -OCH3 is 1. The Balaban J connectivity index is 1.53. The predicted molar refractivity (Wildman–Crippen MR) is 113 cm³/mol. The summed E-state index contributed by atoms with van der Waals surface area (Å²) in [5.74, 6) is 0.257. The lowest BCUT2D eigenvalue weighted by atomic mass is 10.1. The van der Waals surface area contributed by atoms with E-state index in [-0.39, 0.29) is 11.8 Å². The van der Waals surface area contributed by atoms with Crippen molar-refractivity contribution in [3.05, 3.63) is 95.6 Å². The van der Waals surface area contributed by atoms with E-state index in [9.17, 15) is 9.59 Å². The Labute approximate surface area is 169 Å². The average molecular weight is 387 g/mol. The summed E-state index contributed by atoms with van der Waals surface area (Å²) in [4.78, 5) is 24.3. The lowest BCUT2D eigenvalue weighted by molar-refractivity contribution is -0.115. The number of benzene rings is 3. The number of rotatable bonds is 7. The van der Waals surface area contributed by atoms with Crippen molar-refractivity contribution >= 4 is 23.7 Å². The summed E-state index contributed by atoms with van der Waals surface area (Å²) in [5.41, 5.74) is 5.29. The molecule has 0 fully saturated rings. The van der Waals surface area contributed by atoms with Gasteiger partial charge in [0.05, 0.1) is 19.7 Å². The molecule has 3 aromatic rings. The van der Waals surface area contributed by atoms with Crippen LogP contribution < -0.4 is 15.5 Å². The van der Waals surface area contributed by atoms with Crippen molar-refractivity contribution in [1.29, 1.82) is 0 Å². The molecule has 146 valence electrons. The van der Waals surface area contributed by atoms with Crippen LogP contribution in [0.25, 0.3) is 0 Å². The third-order valence-corrected chi connectivity index (χ3v) is 4.11. The molecule has 0 aliphatic rings. The Morgan fingerprint density at radius 2 is 1.72 bits per heavy atom. The summed E-state index contributed by atoms with van der Waals surface area (Å²) in [6.07, 6.45) is 1.83. The van der Waals surface area contributed by atoms with Gasteiger partial charge in [-0.25, -0.2) is 5.43 Å². The van der Waals surface area contributed by atoms with Gasteiger partial charge >= 0.3 is 0 Å². The molecule has 0 heterocycles. The van der Waals surface area contributed by atoms with Crippen LogP contribution in [0.5, 0.6) is 5.75 Å². The molecule has 3 aromatic carbocycles. The van der Waals surface area contributed by atoms with Gasteiger partial charge in [-0.2, -0.15) is 5.10 Å². The monoisotopic (exact) mass is 387 g/mol. The predicted octanol–water partition coefficient (Wildman–Crippen LogP) is 3.64. The maximum atomic E-state index is 12.2. The van der Waals surface area contributed by atoms with E-state index >= 15 is 0 Å². The summed E-state index contributed by atoms with van der Waals surface area (Å²) in [6.45, 7) is 0. The first-order valence-electron chi connectivity index (χ1n) is 9.05.